The Kier molecular flexibility index (Phi) is 4.37. The van der Waals surface area contributed by atoms with Crippen molar-refractivity contribution < 1.29 is 31.5 Å². The molecule has 3 N–H and O–H groups in total. The molecule has 1 rings (SSSR count). The van der Waals surface area contributed by atoms with E-state index in [1.807, 2.05) is 4.72 Å². The number of benzene rings is 1. The minimum atomic E-state index is -4.66. The normalized spacial score (nSPS) is 12.2. The number of alkyl halides is 3. The molecular weight excluding hydrogens is 289 g/mol. The van der Waals surface area contributed by atoms with Crippen molar-refractivity contribution in [3.05, 3.63) is 29.8 Å². The molecule has 6 nitrogen and oxygen atoms in total. The van der Waals surface area contributed by atoms with E-state index in [0.717, 1.165) is 24.3 Å². The lowest BCUT2D eigenvalue weighted by Gasteiger charge is -2.11. The quantitative estimate of drug-likeness (QED) is 0.761. The predicted molar refractivity (Wildman–Crippen MR) is 60.0 cm³/mol. The molecule has 0 fully saturated rings. The SMILES string of the molecule is O=C(O)c1ccc(NS(=O)(=O)NCC(F)(F)F)cc1. The molecule has 0 bridgehead atoms. The third-order valence-electron chi connectivity index (χ3n) is 1.85. The Morgan fingerprint density at radius 1 is 1.21 bits per heavy atom. The molecule has 0 aromatic heterocycles. The molecule has 1 aromatic rings. The number of halogens is 3. The summed E-state index contributed by atoms with van der Waals surface area (Å²) in [7, 11) is -4.37. The van der Waals surface area contributed by atoms with Gasteiger partial charge in [-0.3, -0.25) is 4.72 Å². The maximum atomic E-state index is 11.8. The van der Waals surface area contributed by atoms with Crippen molar-refractivity contribution >= 4 is 21.9 Å². The predicted octanol–water partition coefficient (Wildman–Crippen LogP) is 1.19. The minimum absolute atomic E-state index is 0.0559. The van der Waals surface area contributed by atoms with Gasteiger partial charge in [-0.25, -0.2) is 4.79 Å². The number of hydrogen-bond acceptors (Lipinski definition) is 3. The van der Waals surface area contributed by atoms with Crippen LogP contribution in [-0.2, 0) is 10.2 Å². The number of hydrogen-bond donors (Lipinski definition) is 3. The second-order valence-corrected chi connectivity index (χ2v) is 4.92. The van der Waals surface area contributed by atoms with E-state index < -0.39 is 28.9 Å². The van der Waals surface area contributed by atoms with Crippen molar-refractivity contribution in [1.29, 1.82) is 0 Å². The number of nitrogens with one attached hydrogen (secondary N) is 2. The van der Waals surface area contributed by atoms with E-state index in [4.69, 9.17) is 5.11 Å². The summed E-state index contributed by atoms with van der Waals surface area (Å²) in [6.07, 6.45) is -4.66. The molecule has 0 aliphatic heterocycles. The molecule has 0 saturated carbocycles. The monoisotopic (exact) mass is 298 g/mol. The van der Waals surface area contributed by atoms with Crippen LogP contribution in [0.25, 0.3) is 0 Å². The minimum Gasteiger partial charge on any atom is -0.478 e. The third kappa shape index (κ3) is 5.57. The smallest absolute Gasteiger partial charge is 0.402 e. The first-order valence-corrected chi connectivity index (χ1v) is 6.25. The highest BCUT2D eigenvalue weighted by Crippen LogP contribution is 2.14. The maximum absolute atomic E-state index is 11.8. The topological polar surface area (TPSA) is 95.5 Å². The highest BCUT2D eigenvalue weighted by atomic mass is 32.2. The van der Waals surface area contributed by atoms with Gasteiger partial charge in [-0.05, 0) is 24.3 Å². The van der Waals surface area contributed by atoms with Crippen LogP contribution in [0.3, 0.4) is 0 Å². The number of carboxylic acids is 1. The van der Waals surface area contributed by atoms with E-state index in [1.165, 1.54) is 4.72 Å². The van der Waals surface area contributed by atoms with Crippen molar-refractivity contribution in [1.82, 2.24) is 4.72 Å². The lowest BCUT2D eigenvalue weighted by Crippen LogP contribution is -2.37. The van der Waals surface area contributed by atoms with Crippen molar-refractivity contribution in [2.24, 2.45) is 0 Å². The highest BCUT2D eigenvalue weighted by molar-refractivity contribution is 7.90. The van der Waals surface area contributed by atoms with Gasteiger partial charge in [0, 0.05) is 5.69 Å². The standard InChI is InChI=1S/C9H9F3N2O4S/c10-9(11,12)5-13-19(17,18)14-7-3-1-6(2-4-7)8(15)16/h1-4,13-14H,5H2,(H,15,16). The van der Waals surface area contributed by atoms with Gasteiger partial charge in [-0.1, -0.05) is 0 Å². The van der Waals surface area contributed by atoms with Crippen LogP contribution in [0.5, 0.6) is 0 Å². The summed E-state index contributed by atoms with van der Waals surface area (Å²) >= 11 is 0. The fraction of sp³-hybridized carbons (Fsp3) is 0.222. The lowest BCUT2D eigenvalue weighted by molar-refractivity contribution is -0.121. The van der Waals surface area contributed by atoms with Gasteiger partial charge in [-0.15, -0.1) is 0 Å². The average Bonchev–Trinajstić information content (AvgIpc) is 2.26. The van der Waals surface area contributed by atoms with Crippen LogP contribution in [0.1, 0.15) is 10.4 Å². The van der Waals surface area contributed by atoms with E-state index in [9.17, 15) is 26.4 Å². The van der Waals surface area contributed by atoms with Gasteiger partial charge in [0.15, 0.2) is 0 Å². The van der Waals surface area contributed by atoms with Crippen LogP contribution in [0.4, 0.5) is 18.9 Å². The molecule has 0 heterocycles. The summed E-state index contributed by atoms with van der Waals surface area (Å²) in [5.74, 6) is -1.20. The second kappa shape index (κ2) is 5.45. The van der Waals surface area contributed by atoms with Gasteiger partial charge >= 0.3 is 12.1 Å². The largest absolute Gasteiger partial charge is 0.478 e. The van der Waals surface area contributed by atoms with Crippen molar-refractivity contribution in [3.63, 3.8) is 0 Å². The zero-order valence-electron chi connectivity index (χ0n) is 9.23. The van der Waals surface area contributed by atoms with Gasteiger partial charge < -0.3 is 5.11 Å². The van der Waals surface area contributed by atoms with Gasteiger partial charge in [-0.2, -0.15) is 26.3 Å². The van der Waals surface area contributed by atoms with Crippen molar-refractivity contribution in [3.8, 4) is 0 Å². The zero-order valence-corrected chi connectivity index (χ0v) is 10.0. The maximum Gasteiger partial charge on any atom is 0.402 e. The molecule has 0 spiro atoms. The first-order valence-electron chi connectivity index (χ1n) is 4.76. The van der Waals surface area contributed by atoms with E-state index in [1.54, 1.807) is 0 Å². The number of anilines is 1. The molecule has 0 atom stereocenters. The lowest BCUT2D eigenvalue weighted by atomic mass is 10.2. The molecule has 1 aromatic carbocycles. The molecule has 0 amide bonds. The Morgan fingerprint density at radius 2 is 1.74 bits per heavy atom. The van der Waals surface area contributed by atoms with Crippen molar-refractivity contribution in [2.75, 3.05) is 11.3 Å². The molecule has 0 radical (unpaired) electrons. The molecule has 10 heteroatoms. The molecule has 19 heavy (non-hydrogen) atoms. The first-order chi connectivity index (χ1) is 8.59. The highest BCUT2D eigenvalue weighted by Gasteiger charge is 2.29. The van der Waals surface area contributed by atoms with Crippen LogP contribution < -0.4 is 9.44 Å². The van der Waals surface area contributed by atoms with E-state index in [2.05, 4.69) is 0 Å². The summed E-state index contributed by atoms with van der Waals surface area (Å²) in [6, 6.07) is 4.47. The Balaban J connectivity index is 2.70. The van der Waals surface area contributed by atoms with Crippen LogP contribution in [0, 0.1) is 0 Å². The fourth-order valence-electron chi connectivity index (χ4n) is 1.05. The van der Waals surface area contributed by atoms with Gasteiger partial charge in [0.25, 0.3) is 10.2 Å². The van der Waals surface area contributed by atoms with Crippen molar-refractivity contribution in [2.45, 2.75) is 6.18 Å². The Morgan fingerprint density at radius 3 is 2.16 bits per heavy atom. The Bertz CT molecular complexity index is 554. The zero-order chi connectivity index (χ0) is 14.7. The van der Waals surface area contributed by atoms with Crippen LogP contribution in [0.2, 0.25) is 0 Å². The van der Waals surface area contributed by atoms with E-state index >= 15 is 0 Å². The number of carbonyl (C=O) groups is 1. The van der Waals surface area contributed by atoms with Gasteiger partial charge in [0.1, 0.15) is 6.54 Å². The molecule has 106 valence electrons. The summed E-state index contributed by atoms with van der Waals surface area (Å²) in [5, 5.41) is 8.61. The van der Waals surface area contributed by atoms with Crippen LogP contribution in [-0.4, -0.2) is 32.2 Å². The van der Waals surface area contributed by atoms with E-state index in [-0.39, 0.29) is 11.3 Å². The molecular formula is C9H9F3N2O4S. The molecule has 0 unspecified atom stereocenters. The number of rotatable bonds is 5. The van der Waals surface area contributed by atoms with Gasteiger partial charge in [0.2, 0.25) is 0 Å². The molecule has 0 aliphatic rings. The number of aromatic carboxylic acids is 1. The van der Waals surface area contributed by atoms with Crippen LogP contribution >= 0.6 is 0 Å². The third-order valence-corrected chi connectivity index (χ3v) is 2.88. The van der Waals surface area contributed by atoms with Gasteiger partial charge in [0.05, 0.1) is 5.56 Å². The molecule has 0 aliphatic carbocycles. The summed E-state index contributed by atoms with van der Waals surface area (Å²) < 4.78 is 61.1. The summed E-state index contributed by atoms with van der Waals surface area (Å²) in [5.41, 5.74) is -0.133. The average molecular weight is 298 g/mol. The Labute approximate surface area is 106 Å². The summed E-state index contributed by atoms with van der Waals surface area (Å²) in [6.45, 7) is -1.70. The second-order valence-electron chi connectivity index (χ2n) is 3.42. The Hall–Kier alpha value is -1.81. The van der Waals surface area contributed by atoms with Crippen LogP contribution in [0.15, 0.2) is 24.3 Å². The number of carboxylic acid groups (broad SMARTS) is 1. The summed E-state index contributed by atoms with van der Waals surface area (Å²) in [4.78, 5) is 10.5. The first kappa shape index (κ1) is 15.2. The fourth-order valence-corrected chi connectivity index (χ4v) is 1.92. The molecule has 0 saturated heterocycles. The van der Waals surface area contributed by atoms with E-state index in [0.29, 0.717) is 0 Å².